The lowest BCUT2D eigenvalue weighted by atomic mass is 9.92. The molecule has 88 valence electrons. The highest BCUT2D eigenvalue weighted by atomic mass is 32.2. The van der Waals surface area contributed by atoms with Crippen LogP contribution in [-0.2, 0) is 11.8 Å². The van der Waals surface area contributed by atoms with E-state index in [0.717, 1.165) is 17.9 Å². The highest BCUT2D eigenvalue weighted by molar-refractivity contribution is 7.99. The van der Waals surface area contributed by atoms with Crippen LogP contribution in [0.5, 0.6) is 0 Å². The van der Waals surface area contributed by atoms with Gasteiger partial charge in [-0.1, -0.05) is 12.1 Å². The molecular formula is C11H11F3OS. The smallest absolute Gasteiger partial charge is 0.384 e. The second kappa shape index (κ2) is 3.96. The Morgan fingerprint density at radius 3 is 2.25 bits per heavy atom. The third kappa shape index (κ3) is 2.20. The van der Waals surface area contributed by atoms with Gasteiger partial charge in [0.2, 0.25) is 0 Å². The van der Waals surface area contributed by atoms with Gasteiger partial charge in [-0.15, -0.1) is 0 Å². The molecule has 1 heterocycles. The molecule has 1 fully saturated rings. The Bertz CT molecular complexity index is 366. The summed E-state index contributed by atoms with van der Waals surface area (Å²) in [5, 5.41) is 10.2. The van der Waals surface area contributed by atoms with Crippen LogP contribution in [0.15, 0.2) is 24.3 Å². The zero-order chi connectivity index (χ0) is 11.8. The molecule has 0 bridgehead atoms. The molecule has 1 nitrogen and oxygen atoms in total. The van der Waals surface area contributed by atoms with Crippen molar-refractivity contribution in [1.29, 1.82) is 0 Å². The van der Waals surface area contributed by atoms with E-state index in [0.29, 0.717) is 17.7 Å². The maximum absolute atomic E-state index is 12.3. The molecule has 1 atom stereocenters. The second-order valence-corrected chi connectivity index (χ2v) is 5.01. The van der Waals surface area contributed by atoms with E-state index in [1.54, 1.807) is 11.8 Å². The van der Waals surface area contributed by atoms with E-state index < -0.39 is 17.3 Å². The molecule has 1 unspecified atom stereocenters. The SMILES string of the molecule is OC1(c2ccc(C(F)(F)F)cc2)CCSC1. The van der Waals surface area contributed by atoms with Gasteiger partial charge in [0.25, 0.3) is 0 Å². The van der Waals surface area contributed by atoms with Crippen molar-refractivity contribution in [3.8, 4) is 0 Å². The topological polar surface area (TPSA) is 20.2 Å². The Balaban J connectivity index is 2.26. The summed E-state index contributed by atoms with van der Waals surface area (Å²) in [5.41, 5.74) is -1.05. The number of halogens is 3. The summed E-state index contributed by atoms with van der Waals surface area (Å²) in [6, 6.07) is 4.79. The van der Waals surface area contributed by atoms with Gasteiger partial charge in [-0.2, -0.15) is 24.9 Å². The number of aliphatic hydroxyl groups is 1. The van der Waals surface area contributed by atoms with Crippen molar-refractivity contribution in [2.75, 3.05) is 11.5 Å². The third-order valence-corrected chi connectivity index (χ3v) is 3.92. The van der Waals surface area contributed by atoms with Crippen molar-refractivity contribution in [2.24, 2.45) is 0 Å². The van der Waals surface area contributed by atoms with Gasteiger partial charge in [0.1, 0.15) is 0 Å². The van der Waals surface area contributed by atoms with Gasteiger partial charge >= 0.3 is 6.18 Å². The molecule has 16 heavy (non-hydrogen) atoms. The number of alkyl halides is 3. The van der Waals surface area contributed by atoms with Gasteiger partial charge in [-0.05, 0) is 29.9 Å². The number of rotatable bonds is 1. The number of benzene rings is 1. The standard InChI is InChI=1S/C11H11F3OS/c12-11(13,14)9-3-1-8(2-4-9)10(15)5-6-16-7-10/h1-4,15H,5-7H2. The monoisotopic (exact) mass is 248 g/mol. The Hall–Kier alpha value is -0.680. The summed E-state index contributed by atoms with van der Waals surface area (Å²) in [5.74, 6) is 1.40. The molecule has 0 spiro atoms. The Labute approximate surface area is 95.7 Å². The Morgan fingerprint density at radius 2 is 1.81 bits per heavy atom. The van der Waals surface area contributed by atoms with Crippen LogP contribution >= 0.6 is 11.8 Å². The highest BCUT2D eigenvalue weighted by Gasteiger charge is 2.35. The number of thioether (sulfide) groups is 1. The molecule has 1 aliphatic rings. The van der Waals surface area contributed by atoms with Crippen LogP contribution in [0, 0.1) is 0 Å². The first-order valence-electron chi connectivity index (χ1n) is 4.90. The molecule has 0 radical (unpaired) electrons. The minimum atomic E-state index is -4.31. The zero-order valence-corrected chi connectivity index (χ0v) is 9.24. The molecule has 1 saturated heterocycles. The molecule has 0 aliphatic carbocycles. The van der Waals surface area contributed by atoms with E-state index in [1.165, 1.54) is 12.1 Å². The lowest BCUT2D eigenvalue weighted by Crippen LogP contribution is -2.24. The molecule has 1 aromatic carbocycles. The first-order chi connectivity index (χ1) is 7.42. The lowest BCUT2D eigenvalue weighted by molar-refractivity contribution is -0.137. The Kier molecular flexibility index (Phi) is 2.92. The van der Waals surface area contributed by atoms with Crippen LogP contribution in [0.25, 0.3) is 0 Å². The summed E-state index contributed by atoms with van der Waals surface area (Å²) in [6.07, 6.45) is -3.71. The predicted molar refractivity (Wildman–Crippen MR) is 57.3 cm³/mol. The normalized spacial score (nSPS) is 26.0. The molecule has 1 aliphatic heterocycles. The fourth-order valence-electron chi connectivity index (χ4n) is 1.75. The first kappa shape index (κ1) is 11.8. The number of hydrogen-bond acceptors (Lipinski definition) is 2. The van der Waals surface area contributed by atoms with E-state index in [9.17, 15) is 18.3 Å². The van der Waals surface area contributed by atoms with E-state index >= 15 is 0 Å². The minimum absolute atomic E-state index is 0.554. The van der Waals surface area contributed by atoms with Gasteiger partial charge in [-0.3, -0.25) is 0 Å². The van der Waals surface area contributed by atoms with Crippen LogP contribution in [-0.4, -0.2) is 16.6 Å². The molecule has 1 aromatic rings. The summed E-state index contributed by atoms with van der Waals surface area (Å²) < 4.78 is 37.0. The van der Waals surface area contributed by atoms with Crippen molar-refractivity contribution in [3.05, 3.63) is 35.4 Å². The van der Waals surface area contributed by atoms with Gasteiger partial charge < -0.3 is 5.11 Å². The molecular weight excluding hydrogens is 237 g/mol. The molecule has 0 amide bonds. The van der Waals surface area contributed by atoms with Crippen molar-refractivity contribution < 1.29 is 18.3 Å². The fourth-order valence-corrected chi connectivity index (χ4v) is 3.03. The van der Waals surface area contributed by atoms with E-state index in [-0.39, 0.29) is 0 Å². The molecule has 0 saturated carbocycles. The maximum Gasteiger partial charge on any atom is 0.416 e. The van der Waals surface area contributed by atoms with Crippen LogP contribution in [0.4, 0.5) is 13.2 Å². The second-order valence-electron chi connectivity index (χ2n) is 3.91. The van der Waals surface area contributed by atoms with Crippen LogP contribution in [0.2, 0.25) is 0 Å². The van der Waals surface area contributed by atoms with Crippen molar-refractivity contribution in [1.82, 2.24) is 0 Å². The van der Waals surface area contributed by atoms with Gasteiger partial charge in [-0.25, -0.2) is 0 Å². The van der Waals surface area contributed by atoms with Crippen LogP contribution in [0.1, 0.15) is 17.5 Å². The van der Waals surface area contributed by atoms with Crippen molar-refractivity contribution >= 4 is 11.8 Å². The molecule has 5 heteroatoms. The first-order valence-corrected chi connectivity index (χ1v) is 6.05. The largest absolute Gasteiger partial charge is 0.416 e. The quantitative estimate of drug-likeness (QED) is 0.824. The van der Waals surface area contributed by atoms with Crippen molar-refractivity contribution in [3.63, 3.8) is 0 Å². The Morgan fingerprint density at radius 1 is 1.19 bits per heavy atom. The van der Waals surface area contributed by atoms with E-state index in [4.69, 9.17) is 0 Å². The van der Waals surface area contributed by atoms with Gasteiger partial charge in [0.15, 0.2) is 0 Å². The minimum Gasteiger partial charge on any atom is -0.384 e. The highest BCUT2D eigenvalue weighted by Crippen LogP contribution is 2.38. The maximum atomic E-state index is 12.3. The number of hydrogen-bond donors (Lipinski definition) is 1. The summed E-state index contributed by atoms with van der Waals surface area (Å²) in [4.78, 5) is 0. The van der Waals surface area contributed by atoms with Gasteiger partial charge in [0.05, 0.1) is 11.2 Å². The van der Waals surface area contributed by atoms with Crippen LogP contribution < -0.4 is 0 Å². The average Bonchev–Trinajstić information content (AvgIpc) is 2.66. The lowest BCUT2D eigenvalue weighted by Gasteiger charge is -2.22. The van der Waals surface area contributed by atoms with E-state index in [2.05, 4.69) is 0 Å². The van der Waals surface area contributed by atoms with Gasteiger partial charge in [0, 0.05) is 5.75 Å². The third-order valence-electron chi connectivity index (χ3n) is 2.75. The zero-order valence-electron chi connectivity index (χ0n) is 8.42. The molecule has 2 rings (SSSR count). The predicted octanol–water partition coefficient (Wildman–Crippen LogP) is 3.03. The average molecular weight is 248 g/mol. The molecule has 1 N–H and O–H groups in total. The van der Waals surface area contributed by atoms with Crippen molar-refractivity contribution in [2.45, 2.75) is 18.2 Å². The van der Waals surface area contributed by atoms with Crippen LogP contribution in [0.3, 0.4) is 0 Å². The summed E-state index contributed by atoms with van der Waals surface area (Å²) in [7, 11) is 0. The van der Waals surface area contributed by atoms with E-state index in [1.807, 2.05) is 0 Å². The molecule has 0 aromatic heterocycles. The fraction of sp³-hybridized carbons (Fsp3) is 0.455. The summed E-state index contributed by atoms with van der Waals surface area (Å²) in [6.45, 7) is 0. The summed E-state index contributed by atoms with van der Waals surface area (Å²) >= 11 is 1.61.